The number of rotatable bonds is 12. The van der Waals surface area contributed by atoms with Crippen molar-refractivity contribution in [1.82, 2.24) is 14.9 Å². The monoisotopic (exact) mass is 612 g/mol. The fourth-order valence-corrected chi connectivity index (χ4v) is 5.09. The van der Waals surface area contributed by atoms with Crippen LogP contribution in [0.4, 0.5) is 22.0 Å². The smallest absolute Gasteiger partial charge is 0.323 e. The van der Waals surface area contributed by atoms with Crippen LogP contribution in [-0.4, -0.2) is 54.7 Å². The zero-order valence-electron chi connectivity index (χ0n) is 25.9. The number of fused-ring (bicyclic) bond motifs is 1. The van der Waals surface area contributed by atoms with Gasteiger partial charge in [0.05, 0.1) is 5.39 Å². The molecule has 0 aliphatic rings. The largest absolute Gasteiger partial charge is 0.492 e. The number of urea groups is 1. The number of hydrogen-bond donors (Lipinski definition) is 3. The predicted molar refractivity (Wildman–Crippen MR) is 184 cm³/mol. The summed E-state index contributed by atoms with van der Waals surface area (Å²) in [6.45, 7) is 2.09. The van der Waals surface area contributed by atoms with Crippen molar-refractivity contribution >= 4 is 34.3 Å². The molecule has 0 saturated heterocycles. The Morgan fingerprint density at radius 2 is 1.46 bits per heavy atom. The maximum absolute atomic E-state index is 12.3. The minimum absolute atomic E-state index is 0.286. The Bertz CT molecular complexity index is 1870. The molecule has 3 N–H and O–H groups in total. The van der Waals surface area contributed by atoms with Crippen LogP contribution >= 0.6 is 0 Å². The first-order valence-corrected chi connectivity index (χ1v) is 15.2. The molecule has 6 aromatic rings. The lowest BCUT2D eigenvalue weighted by molar-refractivity contribution is 0.261. The number of likely N-dealkylation sites (N-methyl/N-ethyl adjacent to an activating group) is 1. The van der Waals surface area contributed by atoms with Gasteiger partial charge in [-0.05, 0) is 68.0 Å². The third-order valence-electron chi connectivity index (χ3n) is 7.42. The lowest BCUT2D eigenvalue weighted by Gasteiger charge is -2.12. The van der Waals surface area contributed by atoms with Gasteiger partial charge >= 0.3 is 6.03 Å². The highest BCUT2D eigenvalue weighted by molar-refractivity contribution is 6.06. The predicted octanol–water partition coefficient (Wildman–Crippen LogP) is 7.80. The minimum Gasteiger partial charge on any atom is -0.492 e. The molecular formula is C37H36N6O3. The zero-order chi connectivity index (χ0) is 31.7. The maximum Gasteiger partial charge on any atom is 0.323 e. The van der Waals surface area contributed by atoms with Crippen molar-refractivity contribution in [3.05, 3.63) is 121 Å². The van der Waals surface area contributed by atoms with Gasteiger partial charge in [-0.15, -0.1) is 0 Å². The van der Waals surface area contributed by atoms with Gasteiger partial charge in [-0.1, -0.05) is 72.8 Å². The van der Waals surface area contributed by atoms with Gasteiger partial charge in [0.25, 0.3) is 0 Å². The third kappa shape index (κ3) is 7.51. The number of nitrogens with zero attached hydrogens (tertiary/aromatic N) is 3. The molecule has 0 fully saturated rings. The molecule has 0 bridgehead atoms. The lowest BCUT2D eigenvalue weighted by Crippen LogP contribution is -2.19. The molecule has 0 saturated carbocycles. The van der Waals surface area contributed by atoms with E-state index < -0.39 is 0 Å². The molecule has 4 aromatic carbocycles. The van der Waals surface area contributed by atoms with Crippen LogP contribution in [0.5, 0.6) is 5.75 Å². The molecule has 2 aromatic heterocycles. The molecule has 0 unspecified atom stereocenters. The van der Waals surface area contributed by atoms with E-state index in [0.29, 0.717) is 30.4 Å². The van der Waals surface area contributed by atoms with Crippen LogP contribution in [0.1, 0.15) is 5.56 Å². The number of aromatic nitrogens is 2. The number of carbonyl (C=O) groups is 1. The van der Waals surface area contributed by atoms with Crippen molar-refractivity contribution in [1.29, 1.82) is 0 Å². The second-order valence-corrected chi connectivity index (χ2v) is 11.1. The third-order valence-corrected chi connectivity index (χ3v) is 7.42. The first-order valence-electron chi connectivity index (χ1n) is 15.2. The highest BCUT2D eigenvalue weighted by Crippen LogP contribution is 2.42. The normalized spacial score (nSPS) is 11.0. The van der Waals surface area contributed by atoms with Gasteiger partial charge in [0.2, 0.25) is 5.71 Å². The standard InChI is InChI=1S/C37H36N6O3/c1-43(2)23-24-45-31-19-15-27(16-20-31)32-33-35(39-25-40-36(33)46-34(32)28-9-5-3-6-10-28)38-22-21-26-13-17-30(18-14-26)42-37(44)41-29-11-7-4-8-12-29/h3-20,25H,21-24H2,1-2H3,(H,38,39,40)(H2,41,42,44). The first kappa shape index (κ1) is 30.4. The van der Waals surface area contributed by atoms with Gasteiger partial charge in [-0.3, -0.25) is 0 Å². The number of ether oxygens (including phenoxy) is 1. The highest BCUT2D eigenvalue weighted by atomic mass is 16.5. The summed E-state index contributed by atoms with van der Waals surface area (Å²) in [6.07, 6.45) is 2.27. The molecule has 0 atom stereocenters. The van der Waals surface area contributed by atoms with E-state index in [1.807, 2.05) is 123 Å². The summed E-state index contributed by atoms with van der Waals surface area (Å²) in [7, 11) is 4.05. The minimum atomic E-state index is -0.286. The van der Waals surface area contributed by atoms with E-state index in [1.54, 1.807) is 0 Å². The van der Waals surface area contributed by atoms with Gasteiger partial charge in [0.15, 0.2) is 0 Å². The Hall–Kier alpha value is -5.67. The number of nitrogens with one attached hydrogen (secondary N) is 3. The molecule has 0 aliphatic heterocycles. The molecule has 2 amide bonds. The summed E-state index contributed by atoms with van der Waals surface area (Å²) in [5.41, 5.74) is 5.95. The van der Waals surface area contributed by atoms with Crippen LogP contribution in [0, 0.1) is 0 Å². The molecule has 46 heavy (non-hydrogen) atoms. The van der Waals surface area contributed by atoms with Gasteiger partial charge in [-0.25, -0.2) is 14.8 Å². The van der Waals surface area contributed by atoms with Crippen molar-refractivity contribution in [3.63, 3.8) is 0 Å². The van der Waals surface area contributed by atoms with Crippen molar-refractivity contribution in [2.75, 3.05) is 49.7 Å². The topological polar surface area (TPSA) is 105 Å². The van der Waals surface area contributed by atoms with Crippen molar-refractivity contribution < 1.29 is 13.9 Å². The fraction of sp³-hybridized carbons (Fsp3) is 0.162. The van der Waals surface area contributed by atoms with Crippen molar-refractivity contribution in [2.24, 2.45) is 0 Å². The number of anilines is 3. The molecular weight excluding hydrogens is 576 g/mol. The number of para-hydroxylation sites is 1. The quantitative estimate of drug-likeness (QED) is 0.130. The molecule has 9 heteroatoms. The van der Waals surface area contributed by atoms with Crippen molar-refractivity contribution in [2.45, 2.75) is 6.42 Å². The van der Waals surface area contributed by atoms with Gasteiger partial charge in [0.1, 0.15) is 30.3 Å². The summed E-state index contributed by atoms with van der Waals surface area (Å²) in [5, 5.41) is 10.0. The van der Waals surface area contributed by atoms with Crippen LogP contribution < -0.4 is 20.7 Å². The van der Waals surface area contributed by atoms with Crippen LogP contribution in [0.3, 0.4) is 0 Å². The van der Waals surface area contributed by atoms with E-state index in [0.717, 1.165) is 57.8 Å². The van der Waals surface area contributed by atoms with Gasteiger partial charge in [-0.2, -0.15) is 0 Å². The molecule has 9 nitrogen and oxygen atoms in total. The fourth-order valence-electron chi connectivity index (χ4n) is 5.09. The lowest BCUT2D eigenvalue weighted by atomic mass is 9.99. The Balaban J connectivity index is 1.18. The molecule has 0 spiro atoms. The first-order chi connectivity index (χ1) is 22.5. The maximum atomic E-state index is 12.3. The number of amides is 2. The van der Waals surface area contributed by atoms with E-state index >= 15 is 0 Å². The van der Waals surface area contributed by atoms with Crippen LogP contribution in [0.25, 0.3) is 33.6 Å². The summed E-state index contributed by atoms with van der Waals surface area (Å²) in [6, 6.07) is 35.0. The van der Waals surface area contributed by atoms with E-state index in [4.69, 9.17) is 9.15 Å². The van der Waals surface area contributed by atoms with E-state index in [2.05, 4.69) is 30.8 Å². The van der Waals surface area contributed by atoms with Crippen molar-refractivity contribution in [3.8, 4) is 28.2 Å². The summed E-state index contributed by atoms with van der Waals surface area (Å²) in [4.78, 5) is 23.5. The Labute approximate surface area is 268 Å². The zero-order valence-corrected chi connectivity index (χ0v) is 25.9. The Kier molecular flexibility index (Phi) is 9.51. The van der Waals surface area contributed by atoms with E-state index in [9.17, 15) is 4.79 Å². The number of hydrogen-bond acceptors (Lipinski definition) is 7. The number of carbonyl (C=O) groups excluding carboxylic acids is 1. The summed E-state index contributed by atoms with van der Waals surface area (Å²) >= 11 is 0. The second-order valence-electron chi connectivity index (χ2n) is 11.1. The average molecular weight is 613 g/mol. The van der Waals surface area contributed by atoms with Crippen LogP contribution in [-0.2, 0) is 6.42 Å². The molecule has 0 aliphatic carbocycles. The van der Waals surface area contributed by atoms with Crippen LogP contribution in [0.15, 0.2) is 120 Å². The highest BCUT2D eigenvalue weighted by Gasteiger charge is 2.22. The van der Waals surface area contributed by atoms with Gasteiger partial charge in [0, 0.05) is 35.6 Å². The average Bonchev–Trinajstić information content (AvgIpc) is 3.47. The van der Waals surface area contributed by atoms with Crippen LogP contribution in [0.2, 0.25) is 0 Å². The molecule has 6 rings (SSSR count). The SMILES string of the molecule is CN(C)CCOc1ccc(-c2c(-c3ccccc3)oc3ncnc(NCCc4ccc(NC(=O)Nc5ccccc5)cc4)c23)cc1. The number of benzene rings is 4. The Morgan fingerprint density at radius 3 is 2.15 bits per heavy atom. The van der Waals surface area contributed by atoms with Gasteiger partial charge < -0.3 is 30.0 Å². The summed E-state index contributed by atoms with van der Waals surface area (Å²) < 4.78 is 12.3. The molecule has 232 valence electrons. The Morgan fingerprint density at radius 1 is 0.783 bits per heavy atom. The molecule has 0 radical (unpaired) electrons. The summed E-state index contributed by atoms with van der Waals surface area (Å²) in [5.74, 6) is 2.25. The molecule has 2 heterocycles. The van der Waals surface area contributed by atoms with E-state index in [-0.39, 0.29) is 6.03 Å². The second kappa shape index (κ2) is 14.4. The van der Waals surface area contributed by atoms with E-state index in [1.165, 1.54) is 6.33 Å². The number of furan rings is 1.